The minimum atomic E-state index is -4.54. The lowest BCUT2D eigenvalue weighted by Crippen LogP contribution is -2.62. The quantitative estimate of drug-likeness (QED) is 0.300. The van der Waals surface area contributed by atoms with Gasteiger partial charge in [-0.25, -0.2) is 17.2 Å². The zero-order valence-corrected chi connectivity index (χ0v) is 23.7. The number of hydrogen-bond donors (Lipinski definition) is 3. The average molecular weight is 627 g/mol. The Bertz CT molecular complexity index is 1460. The number of nitrogens with two attached hydrogens (primary N) is 1. The van der Waals surface area contributed by atoms with Crippen molar-refractivity contribution in [2.45, 2.75) is 18.1 Å². The molecule has 218 valence electrons. The second-order valence-electron chi connectivity index (χ2n) is 9.50. The van der Waals surface area contributed by atoms with Gasteiger partial charge in [0.25, 0.3) is 0 Å². The van der Waals surface area contributed by atoms with Crippen molar-refractivity contribution in [3.8, 4) is 0 Å². The summed E-state index contributed by atoms with van der Waals surface area (Å²) in [7, 11) is -4.54. The zero-order chi connectivity index (χ0) is 29.9. The maximum absolute atomic E-state index is 14.2. The number of amides is 2. The molecule has 4 rings (SSSR count). The SMILES string of the molecule is NC(=O)C(CO)NC(=O)CS(=O)(=O)N(c1cc(F)cc(F)c1)C1CN(C(c2ccc(Cl)cc2)c2ccc(Cl)cc2)C1. The Morgan fingerprint density at radius 2 is 1.46 bits per heavy atom. The second kappa shape index (κ2) is 12.7. The van der Waals surface area contributed by atoms with Crippen LogP contribution in [0.5, 0.6) is 0 Å². The minimum absolute atomic E-state index is 0.134. The molecule has 0 spiro atoms. The van der Waals surface area contributed by atoms with Gasteiger partial charge in [0.1, 0.15) is 23.4 Å². The molecule has 0 radical (unpaired) electrons. The highest BCUT2D eigenvalue weighted by Gasteiger charge is 2.43. The van der Waals surface area contributed by atoms with Crippen LogP contribution in [-0.4, -0.2) is 67.8 Å². The van der Waals surface area contributed by atoms with Crippen molar-refractivity contribution >= 4 is 50.7 Å². The van der Waals surface area contributed by atoms with Gasteiger partial charge in [0.2, 0.25) is 21.8 Å². The third-order valence-electron chi connectivity index (χ3n) is 6.54. The van der Waals surface area contributed by atoms with Crippen LogP contribution < -0.4 is 15.4 Å². The van der Waals surface area contributed by atoms with Crippen LogP contribution in [0.3, 0.4) is 0 Å². The molecule has 1 unspecified atom stereocenters. The Hall–Kier alpha value is -3.29. The summed E-state index contributed by atoms with van der Waals surface area (Å²) in [6, 6.07) is 14.0. The Morgan fingerprint density at radius 3 is 1.90 bits per heavy atom. The summed E-state index contributed by atoms with van der Waals surface area (Å²) >= 11 is 12.2. The van der Waals surface area contributed by atoms with Crippen molar-refractivity contribution < 1.29 is 31.9 Å². The molecule has 2 amide bonds. The lowest BCUT2D eigenvalue weighted by Gasteiger charge is -2.49. The van der Waals surface area contributed by atoms with E-state index in [1.165, 1.54) is 0 Å². The smallest absolute Gasteiger partial charge is 0.244 e. The number of aliphatic hydroxyl groups excluding tert-OH is 1. The molecule has 1 aliphatic rings. The van der Waals surface area contributed by atoms with E-state index in [2.05, 4.69) is 5.32 Å². The highest BCUT2D eigenvalue weighted by atomic mass is 35.5. The van der Waals surface area contributed by atoms with E-state index < -0.39 is 57.9 Å². The van der Waals surface area contributed by atoms with Crippen LogP contribution in [-0.2, 0) is 19.6 Å². The first-order chi connectivity index (χ1) is 19.4. The van der Waals surface area contributed by atoms with Crippen molar-refractivity contribution in [3.63, 3.8) is 0 Å². The molecule has 0 saturated carbocycles. The molecule has 3 aromatic carbocycles. The maximum atomic E-state index is 14.2. The average Bonchev–Trinajstić information content (AvgIpc) is 2.86. The summed E-state index contributed by atoms with van der Waals surface area (Å²) in [5, 5.41) is 12.4. The number of nitrogens with one attached hydrogen (secondary N) is 1. The summed E-state index contributed by atoms with van der Waals surface area (Å²) in [5.41, 5.74) is 6.52. The topological polar surface area (TPSA) is 133 Å². The summed E-state index contributed by atoms with van der Waals surface area (Å²) < 4.78 is 56.2. The number of sulfonamides is 1. The van der Waals surface area contributed by atoms with E-state index >= 15 is 0 Å². The van der Waals surface area contributed by atoms with E-state index in [9.17, 15) is 31.9 Å². The Balaban J connectivity index is 1.64. The van der Waals surface area contributed by atoms with E-state index in [1.54, 1.807) is 24.3 Å². The van der Waals surface area contributed by atoms with Crippen molar-refractivity contribution in [1.82, 2.24) is 10.2 Å². The van der Waals surface area contributed by atoms with Gasteiger partial charge in [-0.3, -0.25) is 18.8 Å². The van der Waals surface area contributed by atoms with Crippen LogP contribution in [0.15, 0.2) is 66.7 Å². The molecule has 0 aromatic heterocycles. The Kier molecular flexibility index (Phi) is 9.50. The van der Waals surface area contributed by atoms with Crippen LogP contribution in [0.4, 0.5) is 14.5 Å². The number of anilines is 1. The number of carbonyl (C=O) groups is 2. The van der Waals surface area contributed by atoms with E-state index in [0.717, 1.165) is 27.6 Å². The molecule has 41 heavy (non-hydrogen) atoms. The van der Waals surface area contributed by atoms with Crippen molar-refractivity contribution in [3.05, 3.63) is 99.5 Å². The molecule has 1 aliphatic heterocycles. The molecule has 1 fully saturated rings. The monoisotopic (exact) mass is 626 g/mol. The number of hydrogen-bond acceptors (Lipinski definition) is 6. The number of primary amides is 1. The van der Waals surface area contributed by atoms with Crippen LogP contribution in [0.2, 0.25) is 10.0 Å². The summed E-state index contributed by atoms with van der Waals surface area (Å²) in [5.74, 6) is -5.36. The fourth-order valence-electron chi connectivity index (χ4n) is 4.69. The third-order valence-corrected chi connectivity index (χ3v) is 8.77. The molecule has 9 nitrogen and oxygen atoms in total. The molecular weight excluding hydrogens is 601 g/mol. The summed E-state index contributed by atoms with van der Waals surface area (Å²) in [4.78, 5) is 25.9. The lowest BCUT2D eigenvalue weighted by atomic mass is 9.93. The predicted molar refractivity (Wildman–Crippen MR) is 151 cm³/mol. The first-order valence-electron chi connectivity index (χ1n) is 12.3. The molecule has 0 bridgehead atoms. The van der Waals surface area contributed by atoms with Gasteiger partial charge in [-0.05, 0) is 47.5 Å². The van der Waals surface area contributed by atoms with Gasteiger partial charge in [-0.2, -0.15) is 0 Å². The Morgan fingerprint density at radius 1 is 0.976 bits per heavy atom. The van der Waals surface area contributed by atoms with E-state index in [0.29, 0.717) is 16.1 Å². The van der Waals surface area contributed by atoms with Gasteiger partial charge in [-0.1, -0.05) is 47.5 Å². The molecule has 1 atom stereocenters. The summed E-state index contributed by atoms with van der Waals surface area (Å²) in [6.45, 7) is -0.570. The van der Waals surface area contributed by atoms with Crippen LogP contribution in [0, 0.1) is 11.6 Å². The largest absolute Gasteiger partial charge is 0.394 e. The standard InChI is InChI=1S/C27H26Cl2F2N4O5S/c28-18-5-1-16(2-6-18)26(17-3-7-19(29)8-4-17)34-12-23(13-34)35(22-10-20(30)9-21(31)11-22)41(39,40)15-25(37)33-24(14-36)27(32)38/h1-11,23-24,26,36H,12-15H2,(H2,32,38)(H,33,37). The highest BCUT2D eigenvalue weighted by molar-refractivity contribution is 7.93. The zero-order valence-electron chi connectivity index (χ0n) is 21.4. The third kappa shape index (κ3) is 7.32. The van der Waals surface area contributed by atoms with Gasteiger partial charge >= 0.3 is 0 Å². The lowest BCUT2D eigenvalue weighted by molar-refractivity contribution is -0.126. The van der Waals surface area contributed by atoms with Crippen molar-refractivity contribution in [1.29, 1.82) is 0 Å². The predicted octanol–water partition coefficient (Wildman–Crippen LogP) is 2.84. The number of benzene rings is 3. The van der Waals surface area contributed by atoms with Crippen molar-refractivity contribution in [2.75, 3.05) is 29.8 Å². The normalized spacial score (nSPS) is 14.9. The fourth-order valence-corrected chi connectivity index (χ4v) is 6.51. The van der Waals surface area contributed by atoms with Gasteiger partial charge in [-0.15, -0.1) is 0 Å². The number of aliphatic hydroxyl groups is 1. The van der Waals surface area contributed by atoms with Gasteiger partial charge < -0.3 is 16.2 Å². The first kappa shape index (κ1) is 30.7. The molecule has 0 aliphatic carbocycles. The Labute approximate surface area is 245 Å². The van der Waals surface area contributed by atoms with Crippen LogP contribution in [0.25, 0.3) is 0 Å². The molecule has 14 heteroatoms. The van der Waals surface area contributed by atoms with Crippen molar-refractivity contribution in [2.24, 2.45) is 5.73 Å². The number of carbonyl (C=O) groups excluding carboxylic acids is 2. The van der Waals surface area contributed by atoms with E-state index in [1.807, 2.05) is 29.2 Å². The fraction of sp³-hybridized carbons (Fsp3) is 0.259. The highest BCUT2D eigenvalue weighted by Crippen LogP contribution is 2.37. The van der Waals surface area contributed by atoms with Gasteiger partial charge in [0.15, 0.2) is 0 Å². The molecule has 1 heterocycles. The number of nitrogens with zero attached hydrogens (tertiary/aromatic N) is 2. The van der Waals surface area contributed by atoms with E-state index in [-0.39, 0.29) is 24.8 Å². The second-order valence-corrected chi connectivity index (χ2v) is 12.2. The van der Waals surface area contributed by atoms with Gasteiger partial charge in [0, 0.05) is 29.2 Å². The number of rotatable bonds is 11. The number of halogens is 4. The minimum Gasteiger partial charge on any atom is -0.394 e. The first-order valence-corrected chi connectivity index (χ1v) is 14.7. The number of likely N-dealkylation sites (tertiary alicyclic amines) is 1. The van der Waals surface area contributed by atoms with Crippen LogP contribution in [0.1, 0.15) is 17.2 Å². The molecule has 3 aromatic rings. The maximum Gasteiger partial charge on any atom is 0.244 e. The molecule has 4 N–H and O–H groups in total. The van der Waals surface area contributed by atoms with E-state index in [4.69, 9.17) is 28.9 Å². The van der Waals surface area contributed by atoms with Gasteiger partial charge in [0.05, 0.1) is 24.4 Å². The summed E-state index contributed by atoms with van der Waals surface area (Å²) in [6.07, 6.45) is 0. The molecule has 1 saturated heterocycles. The molecular formula is C27H26Cl2F2N4O5S. The van der Waals surface area contributed by atoms with Crippen LogP contribution >= 0.6 is 23.2 Å².